The zero-order chi connectivity index (χ0) is 21.5. The number of hydrogen-bond donors (Lipinski definition) is 2. The highest BCUT2D eigenvalue weighted by atomic mass is 16.5. The van der Waals surface area contributed by atoms with Crippen LogP contribution < -0.4 is 10.6 Å². The highest BCUT2D eigenvalue weighted by Gasteiger charge is 2.21. The summed E-state index contributed by atoms with van der Waals surface area (Å²) in [6.07, 6.45) is 3.62. The maximum absolute atomic E-state index is 13.1. The monoisotopic (exact) mass is 413 g/mol. The van der Waals surface area contributed by atoms with E-state index < -0.39 is 0 Å². The third kappa shape index (κ3) is 6.06. The number of aryl methyl sites for hydroxylation is 3. The van der Waals surface area contributed by atoms with E-state index in [2.05, 4.69) is 20.7 Å². The molecule has 3 rings (SSSR count). The van der Waals surface area contributed by atoms with E-state index in [1.165, 1.54) is 19.3 Å². The molecule has 0 atom stereocenters. The molecule has 8 nitrogen and oxygen atoms in total. The lowest BCUT2D eigenvalue weighted by Crippen LogP contribution is -2.45. The number of benzene rings is 1. The number of nitrogens with one attached hydrogen (secondary N) is 2. The van der Waals surface area contributed by atoms with E-state index in [1.54, 1.807) is 17.9 Å². The molecule has 1 aliphatic heterocycles. The van der Waals surface area contributed by atoms with Crippen molar-refractivity contribution in [2.45, 2.75) is 40.0 Å². The van der Waals surface area contributed by atoms with Crippen LogP contribution in [-0.4, -0.2) is 59.6 Å². The predicted molar refractivity (Wildman–Crippen MR) is 117 cm³/mol. The highest BCUT2D eigenvalue weighted by molar-refractivity contribution is 5.97. The molecule has 0 spiro atoms. The smallest absolute Gasteiger partial charge is 0.322 e. The lowest BCUT2D eigenvalue weighted by Gasteiger charge is -2.30. The number of aromatic nitrogens is 1. The van der Waals surface area contributed by atoms with E-state index >= 15 is 0 Å². The fourth-order valence-corrected chi connectivity index (χ4v) is 3.68. The summed E-state index contributed by atoms with van der Waals surface area (Å²) in [4.78, 5) is 29.5. The molecule has 0 unspecified atom stereocenters. The molecule has 0 radical (unpaired) electrons. The number of para-hydroxylation sites is 1. The van der Waals surface area contributed by atoms with Gasteiger partial charge < -0.3 is 25.0 Å². The van der Waals surface area contributed by atoms with Gasteiger partial charge in [0, 0.05) is 24.8 Å². The Hall–Kier alpha value is -2.87. The Morgan fingerprint density at radius 2 is 1.80 bits per heavy atom. The van der Waals surface area contributed by atoms with Crippen molar-refractivity contribution in [3.63, 3.8) is 0 Å². The van der Waals surface area contributed by atoms with Gasteiger partial charge in [-0.25, -0.2) is 4.79 Å². The zero-order valence-electron chi connectivity index (χ0n) is 18.0. The zero-order valence-corrected chi connectivity index (χ0v) is 18.0. The molecule has 0 bridgehead atoms. The summed E-state index contributed by atoms with van der Waals surface area (Å²) < 4.78 is 4.99. The van der Waals surface area contributed by atoms with Crippen molar-refractivity contribution in [1.82, 2.24) is 15.0 Å². The van der Waals surface area contributed by atoms with Gasteiger partial charge in [0.2, 0.25) is 5.91 Å². The second-order valence-electron chi connectivity index (χ2n) is 7.89. The molecule has 1 saturated heterocycles. The molecule has 1 fully saturated rings. The summed E-state index contributed by atoms with van der Waals surface area (Å²) in [5.74, 6) is 0.655. The molecule has 2 N–H and O–H groups in total. The lowest BCUT2D eigenvalue weighted by molar-refractivity contribution is -0.116. The highest BCUT2D eigenvalue weighted by Crippen LogP contribution is 2.20. The number of nitrogens with zero attached hydrogens (tertiary/aromatic N) is 3. The molecule has 162 valence electrons. The van der Waals surface area contributed by atoms with Gasteiger partial charge in [-0.2, -0.15) is 0 Å². The van der Waals surface area contributed by atoms with Crippen LogP contribution in [0.2, 0.25) is 0 Å². The first-order valence-corrected chi connectivity index (χ1v) is 10.5. The van der Waals surface area contributed by atoms with Crippen LogP contribution in [0, 0.1) is 20.8 Å². The number of carbonyl (C=O) groups excluding carboxylic acids is 2. The number of hydrogen-bond acceptors (Lipinski definition) is 5. The molecular formula is C22H31N5O3. The van der Waals surface area contributed by atoms with E-state index in [9.17, 15) is 9.59 Å². The van der Waals surface area contributed by atoms with Crippen molar-refractivity contribution in [3.05, 3.63) is 41.2 Å². The van der Waals surface area contributed by atoms with Crippen molar-refractivity contribution in [3.8, 4) is 0 Å². The third-order valence-corrected chi connectivity index (χ3v) is 5.37. The van der Waals surface area contributed by atoms with Gasteiger partial charge in [-0.05, 0) is 57.8 Å². The summed E-state index contributed by atoms with van der Waals surface area (Å²) in [5.41, 5.74) is 2.77. The van der Waals surface area contributed by atoms with E-state index in [0.717, 1.165) is 36.4 Å². The quantitative estimate of drug-likeness (QED) is 0.724. The molecule has 0 aliphatic carbocycles. The van der Waals surface area contributed by atoms with Gasteiger partial charge in [-0.1, -0.05) is 29.8 Å². The molecule has 2 aromatic rings. The molecule has 3 amide bonds. The van der Waals surface area contributed by atoms with Crippen molar-refractivity contribution < 1.29 is 14.1 Å². The Labute approximate surface area is 177 Å². The predicted octanol–water partition coefficient (Wildman–Crippen LogP) is 3.56. The van der Waals surface area contributed by atoms with Crippen LogP contribution in [0.4, 0.5) is 16.3 Å². The Morgan fingerprint density at radius 3 is 2.43 bits per heavy atom. The minimum atomic E-state index is -0.307. The summed E-state index contributed by atoms with van der Waals surface area (Å²) in [5, 5.41) is 9.47. The van der Waals surface area contributed by atoms with Gasteiger partial charge in [0.1, 0.15) is 12.3 Å². The van der Waals surface area contributed by atoms with E-state index in [0.29, 0.717) is 18.1 Å². The van der Waals surface area contributed by atoms with Gasteiger partial charge in [-0.15, -0.1) is 0 Å². The lowest BCUT2D eigenvalue weighted by atomic mass is 10.1. The van der Waals surface area contributed by atoms with Crippen LogP contribution in [0.15, 0.2) is 28.8 Å². The van der Waals surface area contributed by atoms with Crippen LogP contribution in [-0.2, 0) is 4.79 Å². The van der Waals surface area contributed by atoms with Gasteiger partial charge in [0.05, 0.1) is 0 Å². The number of carbonyl (C=O) groups is 2. The topological polar surface area (TPSA) is 90.7 Å². The Bertz CT molecular complexity index is 853. The molecular weight excluding hydrogens is 382 g/mol. The largest absolute Gasteiger partial charge is 0.360 e. The number of piperidine rings is 1. The summed E-state index contributed by atoms with van der Waals surface area (Å²) in [6, 6.07) is 7.24. The van der Waals surface area contributed by atoms with Crippen molar-refractivity contribution in [2.75, 3.05) is 43.4 Å². The third-order valence-electron chi connectivity index (χ3n) is 5.37. The average molecular weight is 414 g/mol. The van der Waals surface area contributed by atoms with Crippen LogP contribution in [0.25, 0.3) is 0 Å². The molecule has 2 heterocycles. The Balaban J connectivity index is 1.66. The molecule has 1 aromatic heterocycles. The number of likely N-dealkylation sites (tertiary alicyclic amines) is 1. The average Bonchev–Trinajstić information content (AvgIpc) is 3.13. The first kappa shape index (κ1) is 21.8. The normalized spacial score (nSPS) is 14.4. The van der Waals surface area contributed by atoms with Crippen molar-refractivity contribution >= 4 is 23.4 Å². The SMILES string of the molecule is Cc1cc(NC(=O)CN(CCN2CCCCC2)C(=O)Nc2c(C)cccc2C)no1. The first-order valence-electron chi connectivity index (χ1n) is 10.5. The second-order valence-corrected chi connectivity index (χ2v) is 7.89. The number of rotatable bonds is 7. The van der Waals surface area contributed by atoms with Crippen LogP contribution >= 0.6 is 0 Å². The number of amides is 3. The van der Waals surface area contributed by atoms with Gasteiger partial charge in [-0.3, -0.25) is 4.79 Å². The van der Waals surface area contributed by atoms with Gasteiger partial charge in [0.15, 0.2) is 5.82 Å². The minimum absolute atomic E-state index is 0.0590. The molecule has 0 saturated carbocycles. The van der Waals surface area contributed by atoms with E-state index in [4.69, 9.17) is 4.52 Å². The van der Waals surface area contributed by atoms with Crippen molar-refractivity contribution in [1.29, 1.82) is 0 Å². The Kier molecular flexibility index (Phi) is 7.46. The van der Waals surface area contributed by atoms with Gasteiger partial charge in [0.25, 0.3) is 0 Å². The fourth-order valence-electron chi connectivity index (χ4n) is 3.68. The summed E-state index contributed by atoms with van der Waals surface area (Å²) >= 11 is 0. The maximum atomic E-state index is 13.1. The van der Waals surface area contributed by atoms with E-state index in [-0.39, 0.29) is 18.5 Å². The van der Waals surface area contributed by atoms with Crippen LogP contribution in [0.1, 0.15) is 36.1 Å². The first-order chi connectivity index (χ1) is 14.4. The fraction of sp³-hybridized carbons (Fsp3) is 0.500. The number of anilines is 2. The standard InChI is InChI=1S/C22H31N5O3/c1-16-8-7-9-17(2)21(16)24-22(29)27(13-12-26-10-5-4-6-11-26)15-20(28)23-19-14-18(3)30-25-19/h7-9,14H,4-6,10-13,15H2,1-3H3,(H,24,29)(H,23,25,28). The molecule has 1 aliphatic rings. The summed E-state index contributed by atoms with van der Waals surface area (Å²) in [6.45, 7) is 8.91. The number of urea groups is 1. The summed E-state index contributed by atoms with van der Waals surface area (Å²) in [7, 11) is 0. The van der Waals surface area contributed by atoms with Crippen LogP contribution in [0.3, 0.4) is 0 Å². The van der Waals surface area contributed by atoms with Crippen molar-refractivity contribution in [2.24, 2.45) is 0 Å². The molecule has 1 aromatic carbocycles. The Morgan fingerprint density at radius 1 is 1.10 bits per heavy atom. The van der Waals surface area contributed by atoms with E-state index in [1.807, 2.05) is 32.0 Å². The van der Waals surface area contributed by atoms with Crippen LogP contribution in [0.5, 0.6) is 0 Å². The molecule has 8 heteroatoms. The second kappa shape index (κ2) is 10.2. The maximum Gasteiger partial charge on any atom is 0.322 e. The minimum Gasteiger partial charge on any atom is -0.360 e. The molecule has 30 heavy (non-hydrogen) atoms. The van der Waals surface area contributed by atoms with Gasteiger partial charge >= 0.3 is 6.03 Å².